The molecule has 5 heteroatoms. The van der Waals surface area contributed by atoms with Crippen molar-refractivity contribution in [3.05, 3.63) is 24.2 Å². The first-order valence-corrected chi connectivity index (χ1v) is 6.38. The second kappa shape index (κ2) is 6.02. The van der Waals surface area contributed by atoms with E-state index >= 15 is 0 Å². The van der Waals surface area contributed by atoms with E-state index in [9.17, 15) is 9.90 Å². The normalized spacial score (nSPS) is 22.0. The lowest BCUT2D eigenvalue weighted by Crippen LogP contribution is -2.41. The molecule has 2 N–H and O–H groups in total. The Morgan fingerprint density at radius 2 is 2.56 bits per heavy atom. The fourth-order valence-corrected chi connectivity index (χ4v) is 2.39. The van der Waals surface area contributed by atoms with Crippen molar-refractivity contribution in [3.8, 4) is 0 Å². The third-order valence-electron chi connectivity index (χ3n) is 3.40. The van der Waals surface area contributed by atoms with E-state index in [1.54, 1.807) is 12.3 Å². The monoisotopic (exact) mass is 252 g/mol. The zero-order valence-electron chi connectivity index (χ0n) is 10.6. The molecular formula is C13H20N2O3. The lowest BCUT2D eigenvalue weighted by Gasteiger charge is -2.22. The van der Waals surface area contributed by atoms with Gasteiger partial charge in [0.2, 0.25) is 5.91 Å². The van der Waals surface area contributed by atoms with Gasteiger partial charge in [-0.05, 0) is 38.4 Å². The molecule has 0 aromatic carbocycles. The first-order chi connectivity index (χ1) is 8.70. The summed E-state index contributed by atoms with van der Waals surface area (Å²) in [4.78, 5) is 13.9. The molecule has 1 amide bonds. The number of carbonyl (C=O) groups is 1. The second-order valence-electron chi connectivity index (χ2n) is 4.75. The molecule has 1 aromatic rings. The quantitative estimate of drug-likeness (QED) is 0.817. The van der Waals surface area contributed by atoms with Gasteiger partial charge in [-0.3, -0.25) is 9.69 Å². The van der Waals surface area contributed by atoms with Gasteiger partial charge in [0.1, 0.15) is 5.76 Å². The van der Waals surface area contributed by atoms with Gasteiger partial charge in [0.05, 0.1) is 25.5 Å². The summed E-state index contributed by atoms with van der Waals surface area (Å²) < 4.78 is 5.24. The number of carbonyl (C=O) groups excluding carboxylic acids is 1. The van der Waals surface area contributed by atoms with Crippen LogP contribution in [0.4, 0.5) is 0 Å². The first-order valence-electron chi connectivity index (χ1n) is 6.38. The predicted molar refractivity (Wildman–Crippen MR) is 66.9 cm³/mol. The van der Waals surface area contributed by atoms with Crippen molar-refractivity contribution in [3.63, 3.8) is 0 Å². The van der Waals surface area contributed by atoms with Crippen LogP contribution in [0.15, 0.2) is 22.8 Å². The van der Waals surface area contributed by atoms with E-state index in [1.807, 2.05) is 17.9 Å². The van der Waals surface area contributed by atoms with Crippen LogP contribution in [0.3, 0.4) is 0 Å². The van der Waals surface area contributed by atoms with E-state index in [-0.39, 0.29) is 24.6 Å². The Morgan fingerprint density at radius 3 is 3.22 bits per heavy atom. The van der Waals surface area contributed by atoms with Crippen LogP contribution in [0.1, 0.15) is 31.6 Å². The summed E-state index contributed by atoms with van der Waals surface area (Å²) in [6, 6.07) is 3.66. The van der Waals surface area contributed by atoms with Gasteiger partial charge in [-0.15, -0.1) is 0 Å². The molecule has 1 aliphatic rings. The number of aliphatic hydroxyl groups excluding tert-OH is 1. The minimum absolute atomic E-state index is 0.0285. The SMILES string of the molecule is CC(NC(=O)CN1CCCC1CO)c1ccco1. The van der Waals surface area contributed by atoms with Crippen LogP contribution in [-0.2, 0) is 4.79 Å². The van der Waals surface area contributed by atoms with Crippen LogP contribution in [0.2, 0.25) is 0 Å². The number of hydrogen-bond donors (Lipinski definition) is 2. The number of amides is 1. The summed E-state index contributed by atoms with van der Waals surface area (Å²) in [5.41, 5.74) is 0. The van der Waals surface area contributed by atoms with Crippen molar-refractivity contribution >= 4 is 5.91 Å². The summed E-state index contributed by atoms with van der Waals surface area (Å²) in [7, 11) is 0. The van der Waals surface area contributed by atoms with E-state index < -0.39 is 0 Å². The van der Waals surface area contributed by atoms with Gasteiger partial charge >= 0.3 is 0 Å². The van der Waals surface area contributed by atoms with Crippen molar-refractivity contribution in [1.82, 2.24) is 10.2 Å². The molecule has 18 heavy (non-hydrogen) atoms. The highest BCUT2D eigenvalue weighted by Crippen LogP contribution is 2.16. The smallest absolute Gasteiger partial charge is 0.234 e. The van der Waals surface area contributed by atoms with E-state index in [0.29, 0.717) is 6.54 Å². The number of nitrogens with one attached hydrogen (secondary N) is 1. The Hall–Kier alpha value is -1.33. The Kier molecular flexibility index (Phi) is 4.38. The molecule has 1 saturated heterocycles. The number of hydrogen-bond acceptors (Lipinski definition) is 4. The number of rotatable bonds is 5. The van der Waals surface area contributed by atoms with Crippen molar-refractivity contribution in [2.45, 2.75) is 31.8 Å². The maximum absolute atomic E-state index is 11.9. The summed E-state index contributed by atoms with van der Waals surface area (Å²) in [5, 5.41) is 12.1. The topological polar surface area (TPSA) is 65.7 Å². The van der Waals surface area contributed by atoms with Gasteiger partial charge in [-0.25, -0.2) is 0 Å². The Labute approximate surface area is 107 Å². The summed E-state index contributed by atoms with van der Waals surface area (Å²) in [5.74, 6) is 0.725. The Balaban J connectivity index is 1.81. The lowest BCUT2D eigenvalue weighted by atomic mass is 10.2. The average molecular weight is 252 g/mol. The maximum atomic E-state index is 11.9. The van der Waals surface area contributed by atoms with E-state index in [4.69, 9.17) is 4.42 Å². The summed E-state index contributed by atoms with van der Waals surface area (Å²) >= 11 is 0. The van der Waals surface area contributed by atoms with Crippen LogP contribution < -0.4 is 5.32 Å². The molecule has 1 fully saturated rings. The number of nitrogens with zero attached hydrogens (tertiary/aromatic N) is 1. The van der Waals surface area contributed by atoms with Crippen LogP contribution in [0.5, 0.6) is 0 Å². The predicted octanol–water partition coefficient (Wildman–Crippen LogP) is 0.913. The van der Waals surface area contributed by atoms with Crippen LogP contribution in [-0.4, -0.2) is 41.7 Å². The van der Waals surface area contributed by atoms with Crippen LogP contribution >= 0.6 is 0 Å². The summed E-state index contributed by atoms with van der Waals surface area (Å²) in [6.45, 7) is 3.25. The third-order valence-corrected chi connectivity index (χ3v) is 3.40. The lowest BCUT2D eigenvalue weighted by molar-refractivity contribution is -0.123. The van der Waals surface area contributed by atoms with Crippen molar-refractivity contribution in [2.75, 3.05) is 19.7 Å². The minimum atomic E-state index is -0.123. The summed E-state index contributed by atoms with van der Waals surface area (Å²) in [6.07, 6.45) is 3.62. The molecule has 1 aromatic heterocycles. The molecule has 2 heterocycles. The highest BCUT2D eigenvalue weighted by molar-refractivity contribution is 5.78. The fraction of sp³-hybridized carbons (Fsp3) is 0.615. The van der Waals surface area contributed by atoms with E-state index in [1.165, 1.54) is 0 Å². The molecule has 0 aliphatic carbocycles. The fourth-order valence-electron chi connectivity index (χ4n) is 2.39. The highest BCUT2D eigenvalue weighted by Gasteiger charge is 2.25. The molecule has 5 nitrogen and oxygen atoms in total. The molecule has 100 valence electrons. The minimum Gasteiger partial charge on any atom is -0.467 e. The van der Waals surface area contributed by atoms with Gasteiger partial charge in [0, 0.05) is 6.04 Å². The van der Waals surface area contributed by atoms with E-state index in [2.05, 4.69) is 5.32 Å². The Bertz CT molecular complexity index is 378. The van der Waals surface area contributed by atoms with Crippen LogP contribution in [0.25, 0.3) is 0 Å². The van der Waals surface area contributed by atoms with Crippen molar-refractivity contribution < 1.29 is 14.3 Å². The van der Waals surface area contributed by atoms with Gasteiger partial charge in [0.15, 0.2) is 0 Å². The van der Waals surface area contributed by atoms with Gasteiger partial charge < -0.3 is 14.8 Å². The second-order valence-corrected chi connectivity index (χ2v) is 4.75. The number of likely N-dealkylation sites (tertiary alicyclic amines) is 1. The molecule has 1 aliphatic heterocycles. The molecule has 0 bridgehead atoms. The third kappa shape index (κ3) is 3.11. The number of aliphatic hydroxyl groups is 1. The molecule has 2 atom stereocenters. The number of furan rings is 1. The zero-order valence-corrected chi connectivity index (χ0v) is 10.6. The molecular weight excluding hydrogens is 232 g/mol. The Morgan fingerprint density at radius 1 is 1.72 bits per heavy atom. The van der Waals surface area contributed by atoms with Crippen LogP contribution in [0, 0.1) is 0 Å². The molecule has 2 rings (SSSR count). The van der Waals surface area contributed by atoms with Gasteiger partial charge in [0.25, 0.3) is 0 Å². The first kappa shape index (κ1) is 13.1. The largest absolute Gasteiger partial charge is 0.467 e. The molecule has 2 unspecified atom stereocenters. The van der Waals surface area contributed by atoms with Gasteiger partial charge in [-0.2, -0.15) is 0 Å². The molecule has 0 spiro atoms. The standard InChI is InChI=1S/C13H20N2O3/c1-10(12-5-3-7-18-12)14-13(17)8-15-6-2-4-11(15)9-16/h3,5,7,10-11,16H,2,4,6,8-9H2,1H3,(H,14,17). The molecule has 0 radical (unpaired) electrons. The van der Waals surface area contributed by atoms with E-state index in [0.717, 1.165) is 25.1 Å². The van der Waals surface area contributed by atoms with Crippen molar-refractivity contribution in [2.24, 2.45) is 0 Å². The van der Waals surface area contributed by atoms with Gasteiger partial charge in [-0.1, -0.05) is 0 Å². The average Bonchev–Trinajstić information content (AvgIpc) is 2.98. The van der Waals surface area contributed by atoms with Crippen molar-refractivity contribution in [1.29, 1.82) is 0 Å². The zero-order chi connectivity index (χ0) is 13.0. The highest BCUT2D eigenvalue weighted by atomic mass is 16.3. The molecule has 0 saturated carbocycles. The maximum Gasteiger partial charge on any atom is 0.234 e.